The molecule has 0 unspecified atom stereocenters. The Balaban J connectivity index is 1.70. The van der Waals surface area contributed by atoms with Gasteiger partial charge in [-0.2, -0.15) is 0 Å². The second kappa shape index (κ2) is 9.40. The summed E-state index contributed by atoms with van der Waals surface area (Å²) in [7, 11) is -2.22. The number of morpholine rings is 1. The van der Waals surface area contributed by atoms with Crippen LogP contribution in [0.4, 0.5) is 16.0 Å². The van der Waals surface area contributed by atoms with Gasteiger partial charge in [0.15, 0.2) is 0 Å². The van der Waals surface area contributed by atoms with Crippen molar-refractivity contribution in [3.05, 3.63) is 30.2 Å². The van der Waals surface area contributed by atoms with E-state index >= 15 is 0 Å². The molecule has 2 aliphatic heterocycles. The van der Waals surface area contributed by atoms with Gasteiger partial charge in [0.2, 0.25) is 21.9 Å². The fraction of sp³-hybridized carbons (Fsp3) is 0.409. The van der Waals surface area contributed by atoms with Crippen LogP contribution in [-0.4, -0.2) is 82.2 Å². The van der Waals surface area contributed by atoms with Gasteiger partial charge < -0.3 is 24.4 Å². The lowest BCUT2D eigenvalue weighted by Crippen LogP contribution is -2.50. The number of hydrogen-bond acceptors (Lipinski definition) is 10. The third-order valence-corrected chi connectivity index (χ3v) is 6.25. The predicted octanol–water partition coefficient (Wildman–Crippen LogP) is 1.40. The number of anilines is 2. The van der Waals surface area contributed by atoms with E-state index in [-0.39, 0.29) is 17.7 Å². The Labute approximate surface area is 201 Å². The molecule has 13 heteroatoms. The van der Waals surface area contributed by atoms with Gasteiger partial charge in [-0.25, -0.2) is 27.8 Å². The third kappa shape index (κ3) is 5.06. The lowest BCUT2D eigenvalue weighted by molar-refractivity contribution is 0.122. The van der Waals surface area contributed by atoms with Crippen molar-refractivity contribution in [2.75, 3.05) is 62.4 Å². The fourth-order valence-corrected chi connectivity index (χ4v) is 4.46. The van der Waals surface area contributed by atoms with Gasteiger partial charge in [-0.15, -0.1) is 0 Å². The zero-order valence-electron chi connectivity index (χ0n) is 19.2. The smallest absolute Gasteiger partial charge is 0.238 e. The molecule has 2 saturated heterocycles. The summed E-state index contributed by atoms with van der Waals surface area (Å²) in [4.78, 5) is 15.7. The molecular weight excluding hydrogens is 479 g/mol. The minimum Gasteiger partial charge on any atom is -0.485 e. The zero-order chi connectivity index (χ0) is 24.6. The number of fused-ring (bicyclic) bond motifs is 1. The molecule has 0 amide bonds. The molecule has 2 fully saturated rings. The van der Waals surface area contributed by atoms with E-state index in [2.05, 4.69) is 15.0 Å². The Kier molecular flexibility index (Phi) is 6.30. The minimum absolute atomic E-state index is 0.0848. The number of hydrogen-bond donors (Lipinski definition) is 2. The number of benzene rings is 1. The topological polar surface area (TPSA) is 128 Å². The summed E-state index contributed by atoms with van der Waals surface area (Å²) in [6, 6.07) is 4.22. The molecular formula is C22H25FN6O5S. The molecule has 4 heterocycles. The average Bonchev–Trinajstić information content (AvgIpc) is 2.80. The first-order chi connectivity index (χ1) is 16.8. The maximum absolute atomic E-state index is 14.7. The molecule has 5 rings (SSSR count). The van der Waals surface area contributed by atoms with E-state index < -0.39 is 15.8 Å². The van der Waals surface area contributed by atoms with Crippen LogP contribution in [0.1, 0.15) is 0 Å². The molecule has 35 heavy (non-hydrogen) atoms. The van der Waals surface area contributed by atoms with E-state index in [1.54, 1.807) is 6.07 Å². The Hall–Kier alpha value is -3.29. The van der Waals surface area contributed by atoms with Gasteiger partial charge in [-0.05, 0) is 12.1 Å². The highest BCUT2D eigenvalue weighted by Crippen LogP contribution is 2.37. The summed E-state index contributed by atoms with van der Waals surface area (Å²) in [6.45, 7) is 3.57. The van der Waals surface area contributed by atoms with Crippen LogP contribution in [0.3, 0.4) is 0 Å². The third-order valence-electron chi connectivity index (χ3n) is 5.66. The maximum Gasteiger partial charge on any atom is 0.238 e. The Bertz CT molecular complexity index is 1360. The van der Waals surface area contributed by atoms with Gasteiger partial charge >= 0.3 is 0 Å². The molecule has 3 aromatic rings. The predicted molar refractivity (Wildman–Crippen MR) is 128 cm³/mol. The summed E-state index contributed by atoms with van der Waals surface area (Å²) >= 11 is 0. The number of nitrogens with zero attached hydrogens (tertiary/aromatic N) is 4. The van der Waals surface area contributed by atoms with Gasteiger partial charge in [-0.1, -0.05) is 0 Å². The van der Waals surface area contributed by atoms with Crippen LogP contribution in [0, 0.1) is 5.82 Å². The molecule has 11 nitrogen and oxygen atoms in total. The number of nitrogens with one attached hydrogen (secondary N) is 2. The fourth-order valence-electron chi connectivity index (χ4n) is 3.91. The summed E-state index contributed by atoms with van der Waals surface area (Å²) in [5.74, 6) is 0.353. The summed E-state index contributed by atoms with van der Waals surface area (Å²) < 4.78 is 57.7. The second-order valence-electron chi connectivity index (χ2n) is 8.32. The molecule has 0 bridgehead atoms. The number of halogens is 1. The molecule has 0 spiro atoms. The SMILES string of the molecule is COc1ncc(-c2nc(N3CCOCC3)nc3c(OC4CNC4)cc(F)cc23)cc1NS(C)(=O)=O. The van der Waals surface area contributed by atoms with Crippen molar-refractivity contribution in [3.8, 4) is 22.9 Å². The van der Waals surface area contributed by atoms with E-state index in [0.717, 1.165) is 6.26 Å². The van der Waals surface area contributed by atoms with Crippen LogP contribution >= 0.6 is 0 Å². The standard InChI is InChI=1S/C22H25FN6O5S/c1-32-21-17(28-35(2,30)31)7-13(10-25-21)19-16-8-14(23)9-18(34-15-11-24-12-15)20(16)27-22(26-19)29-3-5-33-6-4-29/h7-10,15,24,28H,3-6,11-12H2,1-2H3. The number of methoxy groups -OCH3 is 1. The number of pyridine rings is 1. The molecule has 0 atom stereocenters. The first-order valence-electron chi connectivity index (χ1n) is 11.0. The van der Waals surface area contributed by atoms with Crippen LogP contribution in [-0.2, 0) is 14.8 Å². The zero-order valence-corrected chi connectivity index (χ0v) is 20.1. The van der Waals surface area contributed by atoms with Gasteiger partial charge in [0.05, 0.1) is 32.3 Å². The minimum atomic E-state index is -3.61. The van der Waals surface area contributed by atoms with Crippen LogP contribution < -0.4 is 24.4 Å². The van der Waals surface area contributed by atoms with E-state index in [0.29, 0.717) is 73.3 Å². The summed E-state index contributed by atoms with van der Waals surface area (Å²) in [5.41, 5.74) is 1.44. The molecule has 2 aliphatic rings. The van der Waals surface area contributed by atoms with Gasteiger partial charge in [0, 0.05) is 49.4 Å². The van der Waals surface area contributed by atoms with Crippen LogP contribution in [0.5, 0.6) is 11.6 Å². The first-order valence-corrected chi connectivity index (χ1v) is 12.9. The first kappa shape index (κ1) is 23.5. The quantitative estimate of drug-likeness (QED) is 0.487. The van der Waals surface area contributed by atoms with Crippen molar-refractivity contribution in [1.29, 1.82) is 0 Å². The lowest BCUT2D eigenvalue weighted by Gasteiger charge is -2.29. The van der Waals surface area contributed by atoms with Crippen LogP contribution in [0.2, 0.25) is 0 Å². The largest absolute Gasteiger partial charge is 0.485 e. The van der Waals surface area contributed by atoms with Gasteiger partial charge in [-0.3, -0.25) is 4.72 Å². The monoisotopic (exact) mass is 504 g/mol. The van der Waals surface area contributed by atoms with Crippen molar-refractivity contribution in [3.63, 3.8) is 0 Å². The Morgan fingerprint density at radius 1 is 1.20 bits per heavy atom. The highest BCUT2D eigenvalue weighted by Gasteiger charge is 2.24. The Morgan fingerprint density at radius 3 is 2.63 bits per heavy atom. The second-order valence-corrected chi connectivity index (χ2v) is 10.1. The summed E-state index contributed by atoms with van der Waals surface area (Å²) in [6.07, 6.45) is 2.45. The molecule has 2 N–H and O–H groups in total. The molecule has 0 aliphatic carbocycles. The van der Waals surface area contributed by atoms with E-state index in [1.807, 2.05) is 4.90 Å². The maximum atomic E-state index is 14.7. The van der Waals surface area contributed by atoms with Crippen molar-refractivity contribution < 1.29 is 27.0 Å². The molecule has 1 aromatic carbocycles. The van der Waals surface area contributed by atoms with Crippen molar-refractivity contribution in [2.45, 2.75) is 6.10 Å². The lowest BCUT2D eigenvalue weighted by atomic mass is 10.1. The van der Waals surface area contributed by atoms with Crippen molar-refractivity contribution in [1.82, 2.24) is 20.3 Å². The van der Waals surface area contributed by atoms with Crippen molar-refractivity contribution in [2.24, 2.45) is 0 Å². The number of rotatable bonds is 7. The highest BCUT2D eigenvalue weighted by atomic mass is 32.2. The van der Waals surface area contributed by atoms with Crippen LogP contribution in [0.15, 0.2) is 24.4 Å². The molecule has 0 saturated carbocycles. The van der Waals surface area contributed by atoms with E-state index in [1.165, 1.54) is 25.4 Å². The average molecular weight is 505 g/mol. The molecule has 0 radical (unpaired) electrons. The van der Waals surface area contributed by atoms with Crippen molar-refractivity contribution >= 4 is 32.6 Å². The highest BCUT2D eigenvalue weighted by molar-refractivity contribution is 7.92. The van der Waals surface area contributed by atoms with E-state index in [9.17, 15) is 12.8 Å². The van der Waals surface area contributed by atoms with Gasteiger partial charge in [0.25, 0.3) is 0 Å². The number of aromatic nitrogens is 3. The Morgan fingerprint density at radius 2 is 1.97 bits per heavy atom. The molecule has 2 aromatic heterocycles. The number of ether oxygens (including phenoxy) is 3. The van der Waals surface area contributed by atoms with Gasteiger partial charge in [0.1, 0.15) is 28.9 Å². The van der Waals surface area contributed by atoms with Crippen LogP contribution in [0.25, 0.3) is 22.2 Å². The normalized spacial score (nSPS) is 16.7. The summed E-state index contributed by atoms with van der Waals surface area (Å²) in [5, 5.41) is 3.55. The molecule has 186 valence electrons. The number of sulfonamides is 1. The van der Waals surface area contributed by atoms with E-state index in [4.69, 9.17) is 24.2 Å².